The summed E-state index contributed by atoms with van der Waals surface area (Å²) in [7, 11) is 0. The van der Waals surface area contributed by atoms with E-state index in [-0.39, 0.29) is 24.1 Å². The van der Waals surface area contributed by atoms with Gasteiger partial charge in [0.1, 0.15) is 16.9 Å². The highest BCUT2D eigenvalue weighted by molar-refractivity contribution is 7.23. The smallest absolute Gasteiger partial charge is 0.225 e. The highest BCUT2D eigenvalue weighted by atomic mass is 35.5. The van der Waals surface area contributed by atoms with Gasteiger partial charge in [-0.25, -0.2) is 4.98 Å². The van der Waals surface area contributed by atoms with Gasteiger partial charge in [0.25, 0.3) is 0 Å². The third-order valence-electron chi connectivity index (χ3n) is 4.56. The normalized spacial score (nSPS) is 16.2. The summed E-state index contributed by atoms with van der Waals surface area (Å²) in [5.74, 6) is -0.154. The molecule has 0 saturated heterocycles. The van der Waals surface area contributed by atoms with Crippen molar-refractivity contribution in [2.24, 2.45) is 0 Å². The number of hydrogen-bond acceptors (Lipinski definition) is 5. The van der Waals surface area contributed by atoms with Gasteiger partial charge in [-0.2, -0.15) is 5.26 Å². The fourth-order valence-electron chi connectivity index (χ4n) is 3.35. The molecule has 0 spiro atoms. The molecule has 130 valence electrons. The van der Waals surface area contributed by atoms with Crippen molar-refractivity contribution in [3.05, 3.63) is 50.5 Å². The number of carbonyl (C=O) groups is 1. The number of nitrogen functional groups attached to an aromatic ring is 1. The first kappa shape index (κ1) is 17.1. The van der Waals surface area contributed by atoms with Crippen LogP contribution in [0.3, 0.4) is 0 Å². The van der Waals surface area contributed by atoms with E-state index in [2.05, 4.69) is 16.4 Å². The second-order valence-corrected chi connectivity index (χ2v) is 7.97. The lowest BCUT2D eigenvalue weighted by molar-refractivity contribution is -0.116. The molecule has 1 aromatic carbocycles. The minimum atomic E-state index is -0.253. The molecule has 0 fully saturated rings. The Labute approximate surface area is 163 Å². The Bertz CT molecular complexity index is 1130. The van der Waals surface area contributed by atoms with E-state index in [0.717, 1.165) is 26.4 Å². The fourth-order valence-corrected chi connectivity index (χ4v) is 5.12. The third-order valence-corrected chi connectivity index (χ3v) is 6.36. The first-order valence-corrected chi connectivity index (χ1v) is 9.35. The number of fused-ring (bicyclic) bond motifs is 3. The predicted molar refractivity (Wildman–Crippen MR) is 105 cm³/mol. The van der Waals surface area contributed by atoms with Crippen LogP contribution in [0.25, 0.3) is 10.2 Å². The van der Waals surface area contributed by atoms with Crippen LogP contribution < -0.4 is 11.1 Å². The summed E-state index contributed by atoms with van der Waals surface area (Å²) < 4.78 is 0.845. The number of pyridine rings is 1. The maximum atomic E-state index is 12.3. The van der Waals surface area contributed by atoms with E-state index in [9.17, 15) is 10.1 Å². The van der Waals surface area contributed by atoms with Crippen molar-refractivity contribution in [1.82, 2.24) is 4.98 Å². The van der Waals surface area contributed by atoms with E-state index in [0.29, 0.717) is 21.1 Å². The number of anilines is 2. The summed E-state index contributed by atoms with van der Waals surface area (Å²) in [4.78, 5) is 16.7. The van der Waals surface area contributed by atoms with E-state index < -0.39 is 0 Å². The van der Waals surface area contributed by atoms with Crippen molar-refractivity contribution in [3.63, 3.8) is 0 Å². The number of amides is 1. The molecular formula is C18H12Cl2N4OS. The van der Waals surface area contributed by atoms with Crippen LogP contribution in [0.15, 0.2) is 18.2 Å². The van der Waals surface area contributed by atoms with Gasteiger partial charge in [0, 0.05) is 27.9 Å². The zero-order valence-electron chi connectivity index (χ0n) is 13.6. The highest BCUT2D eigenvalue weighted by Gasteiger charge is 2.33. The van der Waals surface area contributed by atoms with Crippen LogP contribution >= 0.6 is 34.5 Å². The van der Waals surface area contributed by atoms with Gasteiger partial charge in [-0.3, -0.25) is 4.79 Å². The quantitative estimate of drug-likeness (QED) is 0.608. The summed E-state index contributed by atoms with van der Waals surface area (Å²) in [6.07, 6.45) is 0.251. The van der Waals surface area contributed by atoms with Crippen molar-refractivity contribution in [2.45, 2.75) is 19.3 Å². The number of nitrogens with two attached hydrogens (primary N) is 1. The van der Waals surface area contributed by atoms with Crippen LogP contribution in [-0.2, 0) is 4.79 Å². The molecule has 1 aliphatic rings. The Kier molecular flexibility index (Phi) is 4.03. The number of carbonyl (C=O) groups excluding carboxylic acids is 1. The van der Waals surface area contributed by atoms with Crippen LogP contribution in [0.1, 0.15) is 34.6 Å². The topological polar surface area (TPSA) is 91.8 Å². The van der Waals surface area contributed by atoms with E-state index in [4.69, 9.17) is 28.9 Å². The van der Waals surface area contributed by atoms with Gasteiger partial charge in [0.2, 0.25) is 5.91 Å². The number of hydrogen-bond donors (Lipinski definition) is 2. The van der Waals surface area contributed by atoms with Gasteiger partial charge in [-0.1, -0.05) is 29.3 Å². The standard InChI is InChI=1S/C18H12Cl2N4OS/c1-7-11(6-21)17(22)24-15-14-10(9-3-2-8(19)4-12(9)20)5-13(25)23-18(14)26-16(7)15/h2-4,10H,5H2,1H3,(H2,22,24)(H,23,25). The summed E-state index contributed by atoms with van der Waals surface area (Å²) in [6, 6.07) is 7.35. The van der Waals surface area contributed by atoms with Crippen LogP contribution in [0.2, 0.25) is 10.0 Å². The van der Waals surface area contributed by atoms with Gasteiger partial charge in [-0.15, -0.1) is 11.3 Å². The van der Waals surface area contributed by atoms with Gasteiger partial charge in [0.15, 0.2) is 0 Å². The molecule has 0 saturated carbocycles. The van der Waals surface area contributed by atoms with Crippen LogP contribution in [0.5, 0.6) is 0 Å². The van der Waals surface area contributed by atoms with Crippen LogP contribution in [0, 0.1) is 18.3 Å². The Hall–Kier alpha value is -2.33. The molecule has 3 heterocycles. The van der Waals surface area contributed by atoms with Gasteiger partial charge < -0.3 is 11.1 Å². The minimum absolute atomic E-state index is 0.0915. The number of nitrogens with one attached hydrogen (secondary N) is 1. The van der Waals surface area contributed by atoms with Crippen molar-refractivity contribution >= 4 is 61.5 Å². The molecule has 0 bridgehead atoms. The molecule has 0 radical (unpaired) electrons. The molecule has 1 unspecified atom stereocenters. The molecule has 5 nitrogen and oxygen atoms in total. The first-order chi connectivity index (χ1) is 12.4. The Morgan fingerprint density at radius 2 is 2.19 bits per heavy atom. The van der Waals surface area contributed by atoms with Crippen molar-refractivity contribution in [2.75, 3.05) is 11.1 Å². The Morgan fingerprint density at radius 3 is 2.88 bits per heavy atom. The summed E-state index contributed by atoms with van der Waals surface area (Å²) in [5, 5.41) is 14.0. The predicted octanol–water partition coefficient (Wildman–Crippen LogP) is 4.84. The molecule has 4 rings (SSSR count). The SMILES string of the molecule is Cc1c(C#N)c(N)nc2c3c(sc12)NC(=O)CC3c1ccc(Cl)cc1Cl. The first-order valence-electron chi connectivity index (χ1n) is 7.78. The second-order valence-electron chi connectivity index (χ2n) is 6.10. The average Bonchev–Trinajstić information content (AvgIpc) is 2.93. The molecule has 8 heteroatoms. The maximum absolute atomic E-state index is 12.3. The summed E-state index contributed by atoms with van der Waals surface area (Å²) in [6.45, 7) is 1.84. The number of aromatic nitrogens is 1. The number of halogens is 2. The fraction of sp³-hybridized carbons (Fsp3) is 0.167. The number of nitrogens with zero attached hydrogens (tertiary/aromatic N) is 2. The Balaban J connectivity index is 2.03. The molecule has 26 heavy (non-hydrogen) atoms. The zero-order valence-corrected chi connectivity index (χ0v) is 15.9. The van der Waals surface area contributed by atoms with Crippen molar-refractivity contribution in [1.29, 1.82) is 5.26 Å². The molecule has 2 aromatic heterocycles. The second kappa shape index (κ2) is 6.13. The van der Waals surface area contributed by atoms with Crippen LogP contribution in [-0.4, -0.2) is 10.9 Å². The van der Waals surface area contributed by atoms with Crippen LogP contribution in [0.4, 0.5) is 10.8 Å². The van der Waals surface area contributed by atoms with E-state index in [1.54, 1.807) is 12.1 Å². The van der Waals surface area contributed by atoms with E-state index in [1.807, 2.05) is 13.0 Å². The molecule has 3 aromatic rings. The van der Waals surface area contributed by atoms with Gasteiger partial charge >= 0.3 is 0 Å². The molecule has 1 atom stereocenters. The number of benzene rings is 1. The Morgan fingerprint density at radius 1 is 1.42 bits per heavy atom. The monoisotopic (exact) mass is 402 g/mol. The number of rotatable bonds is 1. The average molecular weight is 403 g/mol. The largest absolute Gasteiger partial charge is 0.383 e. The van der Waals surface area contributed by atoms with Crippen molar-refractivity contribution < 1.29 is 4.79 Å². The summed E-state index contributed by atoms with van der Waals surface area (Å²) in [5.41, 5.74) is 9.52. The van der Waals surface area contributed by atoms with Gasteiger partial charge in [0.05, 0.1) is 15.8 Å². The lowest BCUT2D eigenvalue weighted by Crippen LogP contribution is -2.22. The number of nitriles is 1. The van der Waals surface area contributed by atoms with Crippen molar-refractivity contribution in [3.8, 4) is 6.07 Å². The molecule has 3 N–H and O–H groups in total. The summed E-state index contributed by atoms with van der Waals surface area (Å²) >= 11 is 13.8. The molecule has 1 aliphatic heterocycles. The minimum Gasteiger partial charge on any atom is -0.383 e. The third kappa shape index (κ3) is 2.52. The highest BCUT2D eigenvalue weighted by Crippen LogP contribution is 2.49. The number of aryl methyl sites for hydroxylation is 1. The maximum Gasteiger partial charge on any atom is 0.225 e. The molecular weight excluding hydrogens is 391 g/mol. The van der Waals surface area contributed by atoms with Gasteiger partial charge in [-0.05, 0) is 30.2 Å². The lowest BCUT2D eigenvalue weighted by atomic mass is 9.86. The van der Waals surface area contributed by atoms with E-state index in [1.165, 1.54) is 11.3 Å². The number of thiophene rings is 1. The zero-order chi connectivity index (χ0) is 18.6. The molecule has 0 aliphatic carbocycles. The lowest BCUT2D eigenvalue weighted by Gasteiger charge is -2.24. The molecule has 1 amide bonds. The van der Waals surface area contributed by atoms with E-state index >= 15 is 0 Å².